The maximum atomic E-state index is 12.1. The topological polar surface area (TPSA) is 67.0 Å². The summed E-state index contributed by atoms with van der Waals surface area (Å²) in [4.78, 5) is 19.6. The lowest BCUT2D eigenvalue weighted by Gasteiger charge is -2.08. The third kappa shape index (κ3) is 3.53. The van der Waals surface area contributed by atoms with Gasteiger partial charge in [0.2, 0.25) is 5.91 Å². The van der Waals surface area contributed by atoms with Crippen LogP contribution in [0.25, 0.3) is 10.9 Å². The monoisotopic (exact) mass is 369 g/mol. The maximum absolute atomic E-state index is 12.1. The molecule has 1 fully saturated rings. The highest BCUT2D eigenvalue weighted by molar-refractivity contribution is 6.32. The minimum absolute atomic E-state index is 0.119. The van der Waals surface area contributed by atoms with E-state index in [-0.39, 0.29) is 11.3 Å². The molecule has 0 unspecified atom stereocenters. The molecule has 1 aliphatic carbocycles. The number of carbonyl (C=O) groups excluding carboxylic acids is 1. The zero-order valence-electron chi connectivity index (χ0n) is 14.5. The Labute approximate surface area is 156 Å². The number of nitrogens with zero attached hydrogens (tertiary/aromatic N) is 1. The highest BCUT2D eigenvalue weighted by atomic mass is 35.5. The minimum atomic E-state index is -0.165. The fourth-order valence-electron chi connectivity index (χ4n) is 2.84. The fraction of sp³-hybridized carbons (Fsp3) is 0.300. The molecule has 134 valence electrons. The molecule has 1 saturated carbocycles. The maximum Gasteiger partial charge on any atom is 0.226 e. The van der Waals surface area contributed by atoms with Crippen molar-refractivity contribution in [2.45, 2.75) is 32.9 Å². The quantitative estimate of drug-likeness (QED) is 0.683. The average Bonchev–Trinajstić information content (AvgIpc) is 3.27. The fourth-order valence-corrected chi connectivity index (χ4v) is 3.06. The summed E-state index contributed by atoms with van der Waals surface area (Å²) in [5.41, 5.74) is 2.54. The van der Waals surface area contributed by atoms with Gasteiger partial charge in [0.15, 0.2) is 0 Å². The van der Waals surface area contributed by atoms with Crippen LogP contribution in [0, 0.1) is 5.41 Å². The van der Waals surface area contributed by atoms with Crippen LogP contribution in [0.4, 0.5) is 0 Å². The third-order valence-corrected chi connectivity index (χ3v) is 5.11. The van der Waals surface area contributed by atoms with Gasteiger partial charge in [0, 0.05) is 34.3 Å². The first-order valence-corrected chi connectivity index (χ1v) is 9.03. The molecular weight excluding hydrogens is 350 g/mol. The number of ether oxygens (including phenoxy) is 1. The average molecular weight is 370 g/mol. The largest absolute Gasteiger partial charge is 0.486 e. The number of hydrogen-bond donors (Lipinski definition) is 2. The van der Waals surface area contributed by atoms with Gasteiger partial charge in [-0.2, -0.15) is 0 Å². The van der Waals surface area contributed by atoms with Crippen molar-refractivity contribution in [3.8, 4) is 5.75 Å². The molecule has 0 bridgehead atoms. The molecule has 4 rings (SSSR count). The van der Waals surface area contributed by atoms with Gasteiger partial charge in [-0.25, -0.2) is 0 Å². The SMILES string of the molecule is CC1(C(=O)NCc2cc3cc(Cl)c(OCc4ccccn4)cc3[nH]2)CC1. The number of carbonyl (C=O) groups is 1. The molecule has 2 aromatic heterocycles. The first-order valence-electron chi connectivity index (χ1n) is 8.66. The van der Waals surface area contributed by atoms with E-state index in [1.54, 1.807) is 6.20 Å². The van der Waals surface area contributed by atoms with Crippen LogP contribution < -0.4 is 10.1 Å². The van der Waals surface area contributed by atoms with E-state index in [4.69, 9.17) is 16.3 Å². The molecule has 0 atom stereocenters. The molecule has 0 spiro atoms. The van der Waals surface area contributed by atoms with Crippen molar-refractivity contribution < 1.29 is 9.53 Å². The Morgan fingerprint density at radius 3 is 2.92 bits per heavy atom. The number of amides is 1. The Bertz CT molecular complexity index is 948. The van der Waals surface area contributed by atoms with Gasteiger partial charge in [0.1, 0.15) is 12.4 Å². The van der Waals surface area contributed by atoms with Gasteiger partial charge in [0.25, 0.3) is 0 Å². The number of rotatable bonds is 6. The summed E-state index contributed by atoms with van der Waals surface area (Å²) >= 11 is 6.35. The Morgan fingerprint density at radius 2 is 2.19 bits per heavy atom. The molecule has 0 radical (unpaired) electrons. The Hall–Kier alpha value is -2.53. The van der Waals surface area contributed by atoms with Gasteiger partial charge in [0.05, 0.1) is 17.3 Å². The van der Waals surface area contributed by atoms with E-state index in [0.717, 1.165) is 35.1 Å². The number of aromatic amines is 1. The second kappa shape index (κ2) is 6.65. The van der Waals surface area contributed by atoms with Crippen LogP contribution in [0.3, 0.4) is 0 Å². The molecule has 3 aromatic rings. The smallest absolute Gasteiger partial charge is 0.226 e. The summed E-state index contributed by atoms with van der Waals surface area (Å²) in [6.45, 7) is 2.83. The highest BCUT2D eigenvalue weighted by Gasteiger charge is 2.44. The number of H-pyrrole nitrogens is 1. The summed E-state index contributed by atoms with van der Waals surface area (Å²) < 4.78 is 5.81. The molecule has 6 heteroatoms. The van der Waals surface area contributed by atoms with Crippen molar-refractivity contribution in [1.29, 1.82) is 0 Å². The first kappa shape index (κ1) is 16.9. The summed E-state index contributed by atoms with van der Waals surface area (Å²) in [5, 5.41) is 4.53. The van der Waals surface area contributed by atoms with Gasteiger partial charge in [-0.15, -0.1) is 0 Å². The molecule has 0 saturated heterocycles. The van der Waals surface area contributed by atoms with E-state index in [1.807, 2.05) is 43.3 Å². The van der Waals surface area contributed by atoms with Crippen molar-refractivity contribution in [2.24, 2.45) is 5.41 Å². The molecule has 0 aliphatic heterocycles. The third-order valence-electron chi connectivity index (χ3n) is 4.82. The summed E-state index contributed by atoms with van der Waals surface area (Å²) in [5.74, 6) is 0.723. The van der Waals surface area contributed by atoms with Gasteiger partial charge >= 0.3 is 0 Å². The van der Waals surface area contributed by atoms with Crippen LogP contribution in [-0.2, 0) is 17.9 Å². The highest BCUT2D eigenvalue weighted by Crippen LogP contribution is 2.45. The molecule has 2 heterocycles. The summed E-state index contributed by atoms with van der Waals surface area (Å²) in [6, 6.07) is 11.4. The number of fused-ring (bicyclic) bond motifs is 1. The standard InChI is InChI=1S/C20H20ClN3O2/c1-20(5-6-20)19(25)23-11-15-8-13-9-16(21)18(10-17(13)24-15)26-12-14-4-2-3-7-22-14/h2-4,7-10,24H,5-6,11-12H2,1H3,(H,23,25). The van der Waals surface area contributed by atoms with Crippen LogP contribution in [0.15, 0.2) is 42.6 Å². The van der Waals surface area contributed by atoms with Crippen LogP contribution in [0.5, 0.6) is 5.75 Å². The van der Waals surface area contributed by atoms with E-state index in [9.17, 15) is 4.79 Å². The second-order valence-corrected chi connectivity index (χ2v) is 7.42. The van der Waals surface area contributed by atoms with Crippen LogP contribution in [0.1, 0.15) is 31.2 Å². The summed E-state index contributed by atoms with van der Waals surface area (Å²) in [7, 11) is 0. The number of halogens is 1. The molecule has 1 aliphatic rings. The zero-order valence-corrected chi connectivity index (χ0v) is 15.3. The molecule has 1 aromatic carbocycles. The van der Waals surface area contributed by atoms with Gasteiger partial charge in [-0.3, -0.25) is 9.78 Å². The van der Waals surface area contributed by atoms with Crippen LogP contribution >= 0.6 is 11.6 Å². The molecular formula is C20H20ClN3O2. The van der Waals surface area contributed by atoms with Crippen LogP contribution in [0.2, 0.25) is 5.02 Å². The van der Waals surface area contributed by atoms with Crippen molar-refractivity contribution in [1.82, 2.24) is 15.3 Å². The Morgan fingerprint density at radius 1 is 1.35 bits per heavy atom. The number of pyridine rings is 1. The molecule has 1 amide bonds. The lowest BCUT2D eigenvalue weighted by molar-refractivity contribution is -0.125. The van der Waals surface area contributed by atoms with Gasteiger partial charge in [-0.1, -0.05) is 24.6 Å². The number of nitrogens with one attached hydrogen (secondary N) is 2. The van der Waals surface area contributed by atoms with Crippen molar-refractivity contribution in [2.75, 3.05) is 0 Å². The molecule has 2 N–H and O–H groups in total. The number of hydrogen-bond acceptors (Lipinski definition) is 3. The van der Waals surface area contributed by atoms with E-state index < -0.39 is 0 Å². The van der Waals surface area contributed by atoms with Crippen molar-refractivity contribution in [3.63, 3.8) is 0 Å². The lowest BCUT2D eigenvalue weighted by atomic mass is 10.1. The predicted molar refractivity (Wildman–Crippen MR) is 101 cm³/mol. The zero-order chi connectivity index (χ0) is 18.1. The van der Waals surface area contributed by atoms with E-state index in [0.29, 0.717) is 23.9 Å². The second-order valence-electron chi connectivity index (χ2n) is 7.02. The van der Waals surface area contributed by atoms with Crippen molar-refractivity contribution >= 4 is 28.4 Å². The van der Waals surface area contributed by atoms with Crippen LogP contribution in [-0.4, -0.2) is 15.9 Å². The van der Waals surface area contributed by atoms with E-state index in [2.05, 4.69) is 15.3 Å². The molecule has 26 heavy (non-hydrogen) atoms. The van der Waals surface area contributed by atoms with E-state index >= 15 is 0 Å². The predicted octanol–water partition coefficient (Wildman–Crippen LogP) is 4.21. The normalized spacial score (nSPS) is 15.0. The Kier molecular flexibility index (Phi) is 4.32. The summed E-state index contributed by atoms with van der Waals surface area (Å²) in [6.07, 6.45) is 3.67. The lowest BCUT2D eigenvalue weighted by Crippen LogP contribution is -2.29. The first-order chi connectivity index (χ1) is 12.5. The molecule has 5 nitrogen and oxygen atoms in total. The Balaban J connectivity index is 1.46. The number of aromatic nitrogens is 2. The van der Waals surface area contributed by atoms with E-state index in [1.165, 1.54) is 0 Å². The van der Waals surface area contributed by atoms with Gasteiger partial charge < -0.3 is 15.0 Å². The minimum Gasteiger partial charge on any atom is -0.486 e. The number of benzene rings is 1. The van der Waals surface area contributed by atoms with Crippen molar-refractivity contribution in [3.05, 3.63) is 59.0 Å². The van der Waals surface area contributed by atoms with Gasteiger partial charge in [-0.05, 0) is 37.1 Å².